The van der Waals surface area contributed by atoms with Crippen molar-refractivity contribution in [2.75, 3.05) is 17.2 Å². The van der Waals surface area contributed by atoms with Gasteiger partial charge in [-0.25, -0.2) is 9.97 Å². The van der Waals surface area contributed by atoms with Crippen LogP contribution < -0.4 is 16.4 Å². The van der Waals surface area contributed by atoms with Crippen LogP contribution >= 0.6 is 0 Å². The number of nitrogens with one attached hydrogen (secondary N) is 2. The van der Waals surface area contributed by atoms with Crippen molar-refractivity contribution in [1.82, 2.24) is 9.97 Å². The lowest BCUT2D eigenvalue weighted by Crippen LogP contribution is -2.12. The zero-order chi connectivity index (χ0) is 25.9. The number of rotatable bonds is 7. The summed E-state index contributed by atoms with van der Waals surface area (Å²) in [5.41, 5.74) is 12.1. The summed E-state index contributed by atoms with van der Waals surface area (Å²) in [7, 11) is 0. The molecule has 6 aromatic rings. The number of furan rings is 1. The van der Waals surface area contributed by atoms with Gasteiger partial charge in [-0.05, 0) is 67.1 Å². The Morgan fingerprint density at radius 2 is 1.61 bits per heavy atom. The molecule has 0 atom stereocenters. The fourth-order valence-electron chi connectivity index (χ4n) is 4.54. The summed E-state index contributed by atoms with van der Waals surface area (Å²) in [5, 5.41) is 8.39. The first-order valence-electron chi connectivity index (χ1n) is 12.4. The molecule has 0 aliphatic rings. The van der Waals surface area contributed by atoms with E-state index in [0.29, 0.717) is 23.6 Å². The van der Waals surface area contributed by atoms with Crippen LogP contribution in [0.25, 0.3) is 33.2 Å². The highest BCUT2D eigenvalue weighted by molar-refractivity contribution is 6.09. The van der Waals surface area contributed by atoms with Crippen molar-refractivity contribution in [2.24, 2.45) is 5.73 Å². The predicted molar refractivity (Wildman–Crippen MR) is 152 cm³/mol. The second-order valence-electron chi connectivity index (χ2n) is 8.96. The van der Waals surface area contributed by atoms with Crippen molar-refractivity contribution < 1.29 is 9.21 Å². The van der Waals surface area contributed by atoms with Gasteiger partial charge in [-0.2, -0.15) is 0 Å². The minimum absolute atomic E-state index is 0.162. The highest BCUT2D eigenvalue weighted by atomic mass is 16.3. The van der Waals surface area contributed by atoms with E-state index in [1.54, 1.807) is 6.07 Å². The zero-order valence-corrected chi connectivity index (χ0v) is 20.5. The summed E-state index contributed by atoms with van der Waals surface area (Å²) >= 11 is 0. The van der Waals surface area contributed by atoms with E-state index in [9.17, 15) is 4.79 Å². The van der Waals surface area contributed by atoms with E-state index in [2.05, 4.69) is 32.7 Å². The Kier molecular flexibility index (Phi) is 6.25. The number of nitrogens with zero attached hydrogens (tertiary/aromatic N) is 2. The van der Waals surface area contributed by atoms with Crippen molar-refractivity contribution in [2.45, 2.75) is 6.42 Å². The van der Waals surface area contributed by atoms with E-state index in [4.69, 9.17) is 10.2 Å². The minimum atomic E-state index is -0.162. The number of carbonyl (C=O) groups excluding carboxylic acids is 1. The molecule has 0 saturated heterocycles. The smallest absolute Gasteiger partial charge is 0.255 e. The zero-order valence-electron chi connectivity index (χ0n) is 20.5. The second-order valence-corrected chi connectivity index (χ2v) is 8.96. The van der Waals surface area contributed by atoms with Crippen molar-refractivity contribution >= 4 is 45.0 Å². The number of anilines is 3. The number of nitrogens with two attached hydrogens (primary N) is 1. The molecule has 0 aliphatic carbocycles. The number of fused-ring (bicyclic) bond motifs is 3. The van der Waals surface area contributed by atoms with E-state index >= 15 is 0 Å². The number of para-hydroxylation sites is 2. The lowest BCUT2D eigenvalue weighted by Gasteiger charge is -2.10. The summed E-state index contributed by atoms with van der Waals surface area (Å²) < 4.78 is 6.17. The Morgan fingerprint density at radius 1 is 0.816 bits per heavy atom. The Morgan fingerprint density at radius 3 is 2.47 bits per heavy atom. The van der Waals surface area contributed by atoms with Crippen LogP contribution in [0.3, 0.4) is 0 Å². The van der Waals surface area contributed by atoms with Gasteiger partial charge in [0, 0.05) is 39.3 Å². The number of amides is 1. The first kappa shape index (κ1) is 23.4. The Balaban J connectivity index is 1.19. The molecule has 7 heteroatoms. The molecule has 38 heavy (non-hydrogen) atoms. The molecule has 0 bridgehead atoms. The Labute approximate surface area is 219 Å². The number of aromatic nitrogens is 2. The first-order valence-corrected chi connectivity index (χ1v) is 12.4. The first-order chi connectivity index (χ1) is 18.7. The van der Waals surface area contributed by atoms with E-state index in [0.717, 1.165) is 50.9 Å². The second kappa shape index (κ2) is 10.2. The summed E-state index contributed by atoms with van der Waals surface area (Å²) in [5.74, 6) is 0.487. The summed E-state index contributed by atoms with van der Waals surface area (Å²) in [6.45, 7) is 0.545. The summed E-state index contributed by atoms with van der Waals surface area (Å²) in [4.78, 5) is 21.6. The quantitative estimate of drug-likeness (QED) is 0.230. The molecule has 4 aromatic carbocycles. The van der Waals surface area contributed by atoms with Crippen molar-refractivity contribution in [3.63, 3.8) is 0 Å². The number of carbonyl (C=O) groups is 1. The van der Waals surface area contributed by atoms with Gasteiger partial charge in [0.2, 0.25) is 0 Å². The van der Waals surface area contributed by atoms with Crippen LogP contribution in [0.5, 0.6) is 0 Å². The van der Waals surface area contributed by atoms with E-state index < -0.39 is 0 Å². The number of benzene rings is 4. The maximum absolute atomic E-state index is 12.7. The van der Waals surface area contributed by atoms with E-state index in [1.807, 2.05) is 78.9 Å². The molecule has 2 heterocycles. The molecule has 186 valence electrons. The number of hydrogen-bond acceptors (Lipinski definition) is 6. The van der Waals surface area contributed by atoms with Crippen LogP contribution in [0.2, 0.25) is 0 Å². The monoisotopic (exact) mass is 499 g/mol. The molecular formula is C31H25N5O2. The predicted octanol–water partition coefficient (Wildman–Crippen LogP) is 6.54. The molecule has 1 amide bonds. The van der Waals surface area contributed by atoms with Gasteiger partial charge in [0.1, 0.15) is 23.3 Å². The largest absolute Gasteiger partial charge is 0.455 e. The van der Waals surface area contributed by atoms with Crippen LogP contribution in [-0.4, -0.2) is 22.4 Å². The lowest BCUT2D eigenvalue weighted by molar-refractivity contribution is 0.102. The normalized spacial score (nSPS) is 11.1. The molecule has 0 radical (unpaired) electrons. The highest BCUT2D eigenvalue weighted by Gasteiger charge is 2.13. The molecule has 0 unspecified atom stereocenters. The third-order valence-electron chi connectivity index (χ3n) is 6.38. The highest BCUT2D eigenvalue weighted by Crippen LogP contribution is 2.35. The van der Waals surface area contributed by atoms with Gasteiger partial charge in [-0.3, -0.25) is 4.79 Å². The molecule has 2 aromatic heterocycles. The van der Waals surface area contributed by atoms with Crippen molar-refractivity contribution in [1.29, 1.82) is 0 Å². The fourth-order valence-corrected chi connectivity index (χ4v) is 4.54. The molecule has 0 saturated carbocycles. The van der Waals surface area contributed by atoms with Crippen molar-refractivity contribution in [3.8, 4) is 11.3 Å². The maximum atomic E-state index is 12.7. The van der Waals surface area contributed by atoms with Crippen LogP contribution in [0.1, 0.15) is 15.9 Å². The molecule has 0 fully saturated rings. The van der Waals surface area contributed by atoms with Gasteiger partial charge in [0.25, 0.3) is 5.91 Å². The molecule has 4 N–H and O–H groups in total. The van der Waals surface area contributed by atoms with Gasteiger partial charge >= 0.3 is 0 Å². The van der Waals surface area contributed by atoms with Gasteiger partial charge < -0.3 is 20.8 Å². The third kappa shape index (κ3) is 4.70. The Bertz CT molecular complexity index is 1760. The minimum Gasteiger partial charge on any atom is -0.455 e. The van der Waals surface area contributed by atoms with Gasteiger partial charge in [-0.1, -0.05) is 42.5 Å². The van der Waals surface area contributed by atoms with Crippen LogP contribution in [0, 0.1) is 0 Å². The molecule has 7 nitrogen and oxygen atoms in total. The SMILES string of the molecule is NCCc1cccc(C(=O)Nc2ccc(Nc3cc(-c4cccc5c4oc4ccccc45)ncn3)cc2)c1. The van der Waals surface area contributed by atoms with Crippen LogP contribution in [-0.2, 0) is 6.42 Å². The van der Waals surface area contributed by atoms with Crippen LogP contribution in [0.15, 0.2) is 108 Å². The van der Waals surface area contributed by atoms with Gasteiger partial charge in [0.05, 0.1) is 5.69 Å². The topological polar surface area (TPSA) is 106 Å². The number of hydrogen-bond donors (Lipinski definition) is 3. The molecule has 6 rings (SSSR count). The standard InChI is InChI=1S/C31H25N5O2/c32-16-15-20-5-3-6-21(17-20)31(37)36-23-13-11-22(12-14-23)35-29-18-27(33-19-34-29)26-9-4-8-25-24-7-1-2-10-28(24)38-30(25)26/h1-14,17-19H,15-16,32H2,(H,36,37)(H,33,34,35). The molecule has 0 spiro atoms. The van der Waals surface area contributed by atoms with E-state index in [1.165, 1.54) is 6.33 Å². The fraction of sp³-hybridized carbons (Fsp3) is 0.0645. The van der Waals surface area contributed by atoms with Crippen LogP contribution in [0.4, 0.5) is 17.2 Å². The lowest BCUT2D eigenvalue weighted by atomic mass is 10.1. The Hall–Kier alpha value is -5.01. The molecular weight excluding hydrogens is 474 g/mol. The third-order valence-corrected chi connectivity index (χ3v) is 6.38. The van der Waals surface area contributed by atoms with Crippen molar-refractivity contribution in [3.05, 3.63) is 115 Å². The van der Waals surface area contributed by atoms with Gasteiger partial charge in [-0.15, -0.1) is 0 Å². The van der Waals surface area contributed by atoms with Gasteiger partial charge in [0.15, 0.2) is 0 Å². The average molecular weight is 500 g/mol. The van der Waals surface area contributed by atoms with E-state index in [-0.39, 0.29) is 5.91 Å². The average Bonchev–Trinajstić information content (AvgIpc) is 3.34. The summed E-state index contributed by atoms with van der Waals surface area (Å²) in [6, 6.07) is 31.0. The maximum Gasteiger partial charge on any atom is 0.255 e. The summed E-state index contributed by atoms with van der Waals surface area (Å²) in [6.07, 6.45) is 2.27. The molecule has 0 aliphatic heterocycles.